The van der Waals surface area contributed by atoms with Crippen molar-refractivity contribution in [1.82, 2.24) is 0 Å². The van der Waals surface area contributed by atoms with Crippen LogP contribution in [0.2, 0.25) is 0 Å². The molecule has 0 fully saturated rings. The van der Waals surface area contributed by atoms with Gasteiger partial charge in [-0.05, 0) is 24.3 Å². The molecule has 0 aliphatic carbocycles. The highest BCUT2D eigenvalue weighted by molar-refractivity contribution is 7.12. The highest BCUT2D eigenvalue weighted by atomic mass is 32.1. The minimum atomic E-state index is -0.960. The van der Waals surface area contributed by atoms with Crippen LogP contribution >= 0.6 is 11.3 Å². The van der Waals surface area contributed by atoms with E-state index in [4.69, 9.17) is 19.8 Å². The number of nitriles is 1. The SMILES string of the molecule is N#Cc1ccc(OCCOc2csc(C(=O)O)c2)cc1. The summed E-state index contributed by atoms with van der Waals surface area (Å²) in [7, 11) is 0. The quantitative estimate of drug-likeness (QED) is 0.827. The molecular weight excluding hydrogens is 278 g/mol. The maximum Gasteiger partial charge on any atom is 0.346 e. The van der Waals surface area contributed by atoms with Gasteiger partial charge in [-0.3, -0.25) is 0 Å². The first-order chi connectivity index (χ1) is 9.69. The maximum absolute atomic E-state index is 10.7. The molecule has 0 saturated carbocycles. The molecule has 20 heavy (non-hydrogen) atoms. The first kappa shape index (κ1) is 13.9. The molecule has 2 rings (SSSR count). The van der Waals surface area contributed by atoms with E-state index in [0.29, 0.717) is 30.3 Å². The number of hydrogen-bond acceptors (Lipinski definition) is 5. The van der Waals surface area contributed by atoms with Crippen LogP contribution in [0.1, 0.15) is 15.2 Å². The van der Waals surface area contributed by atoms with Crippen molar-refractivity contribution in [2.24, 2.45) is 0 Å². The second-order valence-electron chi connectivity index (χ2n) is 3.78. The zero-order valence-corrected chi connectivity index (χ0v) is 11.2. The number of aromatic carboxylic acids is 1. The average Bonchev–Trinajstić information content (AvgIpc) is 2.93. The standard InChI is InChI=1S/C14H11NO4S/c15-8-10-1-3-11(4-2-10)18-5-6-19-12-7-13(14(16)17)20-9-12/h1-4,7,9H,5-6H2,(H,16,17). The number of thiophene rings is 1. The summed E-state index contributed by atoms with van der Waals surface area (Å²) in [6, 6.07) is 10.3. The molecule has 0 radical (unpaired) electrons. The van der Waals surface area contributed by atoms with E-state index in [1.165, 1.54) is 6.07 Å². The highest BCUT2D eigenvalue weighted by Crippen LogP contribution is 2.21. The molecule has 0 aliphatic rings. The number of hydrogen-bond donors (Lipinski definition) is 1. The van der Waals surface area contributed by atoms with Crippen LogP contribution in [0.5, 0.6) is 11.5 Å². The van der Waals surface area contributed by atoms with Gasteiger partial charge >= 0.3 is 5.97 Å². The van der Waals surface area contributed by atoms with Crippen molar-refractivity contribution in [2.75, 3.05) is 13.2 Å². The van der Waals surface area contributed by atoms with Gasteiger partial charge < -0.3 is 14.6 Å². The molecule has 2 aromatic rings. The molecule has 0 amide bonds. The van der Waals surface area contributed by atoms with Gasteiger partial charge in [0.15, 0.2) is 0 Å². The Kier molecular flexibility index (Phi) is 4.58. The predicted molar refractivity (Wildman–Crippen MR) is 73.4 cm³/mol. The Balaban J connectivity index is 1.75. The summed E-state index contributed by atoms with van der Waals surface area (Å²) in [6.45, 7) is 0.653. The van der Waals surface area contributed by atoms with Gasteiger partial charge in [-0.2, -0.15) is 5.26 Å². The first-order valence-corrected chi connectivity index (χ1v) is 6.64. The minimum absolute atomic E-state index is 0.244. The first-order valence-electron chi connectivity index (χ1n) is 5.76. The van der Waals surface area contributed by atoms with Crippen molar-refractivity contribution in [2.45, 2.75) is 0 Å². The number of carboxylic acid groups (broad SMARTS) is 1. The van der Waals surface area contributed by atoms with Crippen LogP contribution in [-0.2, 0) is 0 Å². The van der Waals surface area contributed by atoms with Gasteiger partial charge in [-0.15, -0.1) is 11.3 Å². The lowest BCUT2D eigenvalue weighted by Gasteiger charge is -2.06. The molecule has 0 bridgehead atoms. The number of carbonyl (C=O) groups is 1. The molecule has 0 saturated heterocycles. The van der Waals surface area contributed by atoms with Crippen molar-refractivity contribution in [3.05, 3.63) is 46.2 Å². The van der Waals surface area contributed by atoms with E-state index in [9.17, 15) is 4.79 Å². The summed E-state index contributed by atoms with van der Waals surface area (Å²) in [4.78, 5) is 10.9. The van der Waals surface area contributed by atoms with Gasteiger partial charge in [0.05, 0.1) is 11.6 Å². The maximum atomic E-state index is 10.7. The zero-order valence-electron chi connectivity index (χ0n) is 10.4. The number of rotatable bonds is 6. The van der Waals surface area contributed by atoms with Crippen LogP contribution in [0, 0.1) is 11.3 Å². The number of ether oxygens (including phenoxy) is 2. The fourth-order valence-electron chi connectivity index (χ4n) is 1.45. The second kappa shape index (κ2) is 6.59. The molecule has 1 heterocycles. The van der Waals surface area contributed by atoms with Crippen LogP contribution in [0.15, 0.2) is 35.7 Å². The molecule has 6 heteroatoms. The summed E-state index contributed by atoms with van der Waals surface area (Å²) in [6.07, 6.45) is 0. The lowest BCUT2D eigenvalue weighted by Crippen LogP contribution is -2.08. The van der Waals surface area contributed by atoms with E-state index in [1.54, 1.807) is 29.6 Å². The zero-order chi connectivity index (χ0) is 14.4. The summed E-state index contributed by atoms with van der Waals surface area (Å²) in [5, 5.41) is 19.1. The van der Waals surface area contributed by atoms with Gasteiger partial charge in [0.1, 0.15) is 29.6 Å². The highest BCUT2D eigenvalue weighted by Gasteiger charge is 2.07. The van der Waals surface area contributed by atoms with Crippen LogP contribution in [0.3, 0.4) is 0 Å². The summed E-state index contributed by atoms with van der Waals surface area (Å²) >= 11 is 1.12. The Bertz CT molecular complexity index is 627. The lowest BCUT2D eigenvalue weighted by atomic mass is 10.2. The van der Waals surface area contributed by atoms with E-state index in [2.05, 4.69) is 0 Å². The van der Waals surface area contributed by atoms with E-state index in [1.807, 2.05) is 6.07 Å². The topological polar surface area (TPSA) is 79.5 Å². The van der Waals surface area contributed by atoms with E-state index in [0.717, 1.165) is 11.3 Å². The molecular formula is C14H11NO4S. The van der Waals surface area contributed by atoms with Gasteiger partial charge in [0.2, 0.25) is 0 Å². The summed E-state index contributed by atoms with van der Waals surface area (Å²) in [5.74, 6) is 0.221. The Morgan fingerprint density at radius 2 is 1.85 bits per heavy atom. The third-order valence-electron chi connectivity index (χ3n) is 2.39. The van der Waals surface area contributed by atoms with Crippen LogP contribution < -0.4 is 9.47 Å². The molecule has 0 unspecified atom stereocenters. The van der Waals surface area contributed by atoms with E-state index >= 15 is 0 Å². The smallest absolute Gasteiger partial charge is 0.346 e. The summed E-state index contributed by atoms with van der Waals surface area (Å²) < 4.78 is 10.8. The van der Waals surface area contributed by atoms with E-state index < -0.39 is 5.97 Å². The number of carboxylic acids is 1. The van der Waals surface area contributed by atoms with Crippen molar-refractivity contribution in [1.29, 1.82) is 5.26 Å². The third-order valence-corrected chi connectivity index (χ3v) is 3.29. The van der Waals surface area contributed by atoms with Crippen molar-refractivity contribution in [3.63, 3.8) is 0 Å². The lowest BCUT2D eigenvalue weighted by molar-refractivity contribution is 0.0702. The molecule has 102 valence electrons. The fraction of sp³-hybridized carbons (Fsp3) is 0.143. The van der Waals surface area contributed by atoms with Crippen molar-refractivity contribution < 1.29 is 19.4 Å². The monoisotopic (exact) mass is 289 g/mol. The van der Waals surface area contributed by atoms with Gasteiger partial charge in [0.25, 0.3) is 0 Å². The minimum Gasteiger partial charge on any atom is -0.490 e. The Hall–Kier alpha value is -2.52. The number of benzene rings is 1. The average molecular weight is 289 g/mol. The predicted octanol–water partition coefficient (Wildman–Crippen LogP) is 2.78. The fourth-order valence-corrected chi connectivity index (χ4v) is 2.12. The van der Waals surface area contributed by atoms with Crippen LogP contribution in [0.25, 0.3) is 0 Å². The van der Waals surface area contributed by atoms with Gasteiger partial charge in [0, 0.05) is 11.4 Å². The molecule has 5 nitrogen and oxygen atoms in total. The molecule has 1 aromatic heterocycles. The van der Waals surface area contributed by atoms with Gasteiger partial charge in [-0.25, -0.2) is 4.79 Å². The van der Waals surface area contributed by atoms with Crippen molar-refractivity contribution in [3.8, 4) is 17.6 Å². The van der Waals surface area contributed by atoms with Crippen LogP contribution in [0.4, 0.5) is 0 Å². The molecule has 0 aliphatic heterocycles. The summed E-state index contributed by atoms with van der Waals surface area (Å²) in [5.41, 5.74) is 0.577. The second-order valence-corrected chi connectivity index (χ2v) is 4.70. The molecule has 0 atom stereocenters. The molecule has 0 spiro atoms. The molecule has 1 aromatic carbocycles. The Labute approximate surface area is 119 Å². The Morgan fingerprint density at radius 3 is 2.40 bits per heavy atom. The normalized spacial score (nSPS) is 9.75. The number of nitrogens with zero attached hydrogens (tertiary/aromatic N) is 1. The molecule has 1 N–H and O–H groups in total. The van der Waals surface area contributed by atoms with E-state index in [-0.39, 0.29) is 4.88 Å². The largest absolute Gasteiger partial charge is 0.490 e. The third kappa shape index (κ3) is 3.73. The van der Waals surface area contributed by atoms with Gasteiger partial charge in [-0.1, -0.05) is 0 Å². The Morgan fingerprint density at radius 1 is 1.20 bits per heavy atom. The van der Waals surface area contributed by atoms with Crippen LogP contribution in [-0.4, -0.2) is 24.3 Å². The van der Waals surface area contributed by atoms with Crippen molar-refractivity contribution >= 4 is 17.3 Å².